The quantitative estimate of drug-likeness (QED) is 0.655. The third kappa shape index (κ3) is 5.25. The fourth-order valence-electron chi connectivity index (χ4n) is 3.58. The van der Waals surface area contributed by atoms with Gasteiger partial charge in [0.2, 0.25) is 5.91 Å². The predicted molar refractivity (Wildman–Crippen MR) is 118 cm³/mol. The smallest absolute Gasteiger partial charge is 0.238 e. The molecule has 2 heterocycles. The molecular formula is C23H27N5O2. The van der Waals surface area contributed by atoms with Crippen LogP contribution in [0.5, 0.6) is 0 Å². The Hall–Kier alpha value is -3.16. The van der Waals surface area contributed by atoms with Gasteiger partial charge in [-0.15, -0.1) is 0 Å². The van der Waals surface area contributed by atoms with Crippen molar-refractivity contribution >= 4 is 17.3 Å². The number of hydrogen-bond acceptors (Lipinski definition) is 5. The molecule has 1 fully saturated rings. The molecule has 0 bridgehead atoms. The molecule has 1 aromatic heterocycles. The van der Waals surface area contributed by atoms with Gasteiger partial charge in [-0.2, -0.15) is 0 Å². The van der Waals surface area contributed by atoms with Crippen molar-refractivity contribution in [1.29, 1.82) is 0 Å². The maximum Gasteiger partial charge on any atom is 0.238 e. The summed E-state index contributed by atoms with van der Waals surface area (Å²) in [7, 11) is 1.95. The van der Waals surface area contributed by atoms with Gasteiger partial charge in [-0.3, -0.25) is 9.69 Å². The van der Waals surface area contributed by atoms with E-state index in [-0.39, 0.29) is 5.91 Å². The SMILES string of the molecule is CN(CC(=O)Nc1ccc(N2CCOCC2)cc1)Cc1ccc(-n2ccnc2)cc1. The normalized spacial score (nSPS) is 14.1. The minimum atomic E-state index is -0.0216. The van der Waals surface area contributed by atoms with Crippen molar-refractivity contribution < 1.29 is 9.53 Å². The zero-order chi connectivity index (χ0) is 20.8. The average Bonchev–Trinajstić information content (AvgIpc) is 3.30. The van der Waals surface area contributed by atoms with E-state index in [1.807, 2.05) is 47.0 Å². The lowest BCUT2D eigenvalue weighted by Gasteiger charge is -2.28. The van der Waals surface area contributed by atoms with E-state index in [0.717, 1.165) is 48.9 Å². The molecule has 7 nitrogen and oxygen atoms in total. The Morgan fingerprint density at radius 1 is 1.07 bits per heavy atom. The van der Waals surface area contributed by atoms with Gasteiger partial charge in [0.25, 0.3) is 0 Å². The standard InChI is InChI=1S/C23H27N5O2/c1-26(16-19-2-6-22(7-3-19)28-11-10-24-18-28)17-23(29)25-20-4-8-21(9-5-20)27-12-14-30-15-13-27/h2-11,18H,12-17H2,1H3,(H,25,29). The van der Waals surface area contributed by atoms with Gasteiger partial charge in [-0.25, -0.2) is 4.98 Å². The van der Waals surface area contributed by atoms with Crippen LogP contribution in [0.4, 0.5) is 11.4 Å². The first-order valence-electron chi connectivity index (χ1n) is 10.2. The summed E-state index contributed by atoms with van der Waals surface area (Å²) in [5, 5.41) is 2.98. The lowest BCUT2D eigenvalue weighted by atomic mass is 10.2. The Labute approximate surface area is 176 Å². The number of imidazole rings is 1. The second kappa shape index (κ2) is 9.56. The van der Waals surface area contributed by atoms with Gasteiger partial charge >= 0.3 is 0 Å². The van der Waals surface area contributed by atoms with Crippen molar-refractivity contribution in [1.82, 2.24) is 14.5 Å². The van der Waals surface area contributed by atoms with Crippen LogP contribution in [0.25, 0.3) is 5.69 Å². The lowest BCUT2D eigenvalue weighted by Crippen LogP contribution is -2.36. The third-order valence-corrected chi connectivity index (χ3v) is 5.13. The van der Waals surface area contributed by atoms with Crippen molar-refractivity contribution in [2.24, 2.45) is 0 Å². The van der Waals surface area contributed by atoms with Crippen LogP contribution in [0.2, 0.25) is 0 Å². The predicted octanol–water partition coefficient (Wildman–Crippen LogP) is 2.78. The molecule has 156 valence electrons. The Morgan fingerprint density at radius 2 is 1.77 bits per heavy atom. The molecule has 1 saturated heterocycles. The monoisotopic (exact) mass is 405 g/mol. The first kappa shape index (κ1) is 20.1. The van der Waals surface area contributed by atoms with Crippen molar-refractivity contribution in [3.05, 3.63) is 72.8 Å². The maximum atomic E-state index is 12.4. The summed E-state index contributed by atoms with van der Waals surface area (Å²) in [5.41, 5.74) is 4.20. The largest absolute Gasteiger partial charge is 0.378 e. The number of rotatable bonds is 7. The van der Waals surface area contributed by atoms with E-state index < -0.39 is 0 Å². The summed E-state index contributed by atoms with van der Waals surface area (Å²) < 4.78 is 7.36. The van der Waals surface area contributed by atoms with E-state index in [2.05, 4.69) is 39.5 Å². The zero-order valence-corrected chi connectivity index (χ0v) is 17.2. The highest BCUT2D eigenvalue weighted by Crippen LogP contribution is 2.19. The fourth-order valence-corrected chi connectivity index (χ4v) is 3.58. The van der Waals surface area contributed by atoms with Crippen molar-refractivity contribution in [3.8, 4) is 5.69 Å². The molecule has 2 aromatic carbocycles. The number of aromatic nitrogens is 2. The number of nitrogens with one attached hydrogen (secondary N) is 1. The molecule has 0 aliphatic carbocycles. The molecule has 0 saturated carbocycles. The second-order valence-corrected chi connectivity index (χ2v) is 7.50. The minimum absolute atomic E-state index is 0.0216. The number of amides is 1. The van der Waals surface area contributed by atoms with Crippen molar-refractivity contribution in [3.63, 3.8) is 0 Å². The maximum absolute atomic E-state index is 12.4. The van der Waals surface area contributed by atoms with E-state index >= 15 is 0 Å². The highest BCUT2D eigenvalue weighted by molar-refractivity contribution is 5.92. The van der Waals surface area contributed by atoms with Crippen LogP contribution < -0.4 is 10.2 Å². The van der Waals surface area contributed by atoms with E-state index in [9.17, 15) is 4.79 Å². The summed E-state index contributed by atoms with van der Waals surface area (Å²) in [5.74, 6) is -0.0216. The Balaban J connectivity index is 1.26. The number of nitrogens with zero attached hydrogens (tertiary/aromatic N) is 4. The first-order chi connectivity index (χ1) is 14.7. The highest BCUT2D eigenvalue weighted by Gasteiger charge is 2.12. The number of hydrogen-bond donors (Lipinski definition) is 1. The van der Waals surface area contributed by atoms with Gasteiger partial charge in [0.05, 0.1) is 26.1 Å². The van der Waals surface area contributed by atoms with Crippen LogP contribution in [-0.4, -0.2) is 60.3 Å². The minimum Gasteiger partial charge on any atom is -0.378 e. The van der Waals surface area contributed by atoms with Crippen LogP contribution in [-0.2, 0) is 16.1 Å². The average molecular weight is 406 g/mol. The zero-order valence-electron chi connectivity index (χ0n) is 17.2. The molecule has 1 aliphatic heterocycles. The topological polar surface area (TPSA) is 62.6 Å². The molecule has 0 atom stereocenters. The van der Waals surface area contributed by atoms with E-state index in [1.54, 1.807) is 12.5 Å². The lowest BCUT2D eigenvalue weighted by molar-refractivity contribution is -0.117. The van der Waals surface area contributed by atoms with Gasteiger partial charge in [-0.1, -0.05) is 12.1 Å². The van der Waals surface area contributed by atoms with E-state index in [4.69, 9.17) is 4.74 Å². The number of carbonyl (C=O) groups is 1. The Kier molecular flexibility index (Phi) is 6.41. The van der Waals surface area contributed by atoms with E-state index in [1.165, 1.54) is 0 Å². The number of likely N-dealkylation sites (N-methyl/N-ethyl adjacent to an activating group) is 1. The van der Waals surface area contributed by atoms with Crippen LogP contribution in [0.1, 0.15) is 5.56 Å². The van der Waals surface area contributed by atoms with Crippen LogP contribution >= 0.6 is 0 Å². The molecule has 0 spiro atoms. The number of carbonyl (C=O) groups excluding carboxylic acids is 1. The van der Waals surface area contributed by atoms with Crippen LogP contribution in [0, 0.1) is 0 Å². The van der Waals surface area contributed by atoms with Gasteiger partial charge in [0, 0.05) is 49.1 Å². The van der Waals surface area contributed by atoms with Gasteiger partial charge in [0.1, 0.15) is 0 Å². The fraction of sp³-hybridized carbons (Fsp3) is 0.304. The highest BCUT2D eigenvalue weighted by atomic mass is 16.5. The van der Waals surface area contributed by atoms with Gasteiger partial charge in [-0.05, 0) is 49.0 Å². The summed E-state index contributed by atoms with van der Waals surface area (Å²) in [6.07, 6.45) is 5.45. The van der Waals surface area contributed by atoms with Gasteiger partial charge < -0.3 is 19.5 Å². The second-order valence-electron chi connectivity index (χ2n) is 7.50. The molecular weight excluding hydrogens is 378 g/mol. The number of morpholine rings is 1. The first-order valence-corrected chi connectivity index (χ1v) is 10.2. The molecule has 0 radical (unpaired) electrons. The summed E-state index contributed by atoms with van der Waals surface area (Å²) in [6, 6.07) is 16.3. The molecule has 3 aromatic rings. The van der Waals surface area contributed by atoms with Crippen LogP contribution in [0.15, 0.2) is 67.3 Å². The molecule has 1 N–H and O–H groups in total. The van der Waals surface area contributed by atoms with E-state index in [0.29, 0.717) is 13.1 Å². The Morgan fingerprint density at radius 3 is 2.43 bits per heavy atom. The third-order valence-electron chi connectivity index (χ3n) is 5.13. The molecule has 4 rings (SSSR count). The van der Waals surface area contributed by atoms with Gasteiger partial charge in [0.15, 0.2) is 0 Å². The molecule has 7 heteroatoms. The van der Waals surface area contributed by atoms with Crippen molar-refractivity contribution in [2.45, 2.75) is 6.54 Å². The number of benzene rings is 2. The van der Waals surface area contributed by atoms with Crippen LogP contribution in [0.3, 0.4) is 0 Å². The molecule has 1 aliphatic rings. The summed E-state index contributed by atoms with van der Waals surface area (Å²) in [4.78, 5) is 20.8. The molecule has 0 unspecified atom stereocenters. The number of anilines is 2. The Bertz CT molecular complexity index is 933. The summed E-state index contributed by atoms with van der Waals surface area (Å²) >= 11 is 0. The number of ether oxygens (including phenoxy) is 1. The molecule has 1 amide bonds. The molecule has 30 heavy (non-hydrogen) atoms. The summed E-state index contributed by atoms with van der Waals surface area (Å²) in [6.45, 7) is 4.36. The van der Waals surface area contributed by atoms with Crippen molar-refractivity contribution in [2.75, 3.05) is 50.1 Å².